The van der Waals surface area contributed by atoms with Crippen molar-refractivity contribution in [3.05, 3.63) is 158 Å². The molecular weight excluding hydrogens is 581 g/mol. The quantitative estimate of drug-likeness (QED) is 0.196. The second-order valence-corrected chi connectivity index (χ2v) is 12.3. The first-order chi connectivity index (χ1) is 22.8. The summed E-state index contributed by atoms with van der Waals surface area (Å²) in [6.45, 7) is 0. The average molecular weight is 607 g/mol. The van der Waals surface area contributed by atoms with Crippen LogP contribution in [0.1, 0.15) is 0 Å². The third kappa shape index (κ3) is 4.48. The van der Waals surface area contributed by atoms with Crippen LogP contribution in [-0.4, -0.2) is 19.5 Å². The number of hydrogen-bond donors (Lipinski definition) is 0. The summed E-state index contributed by atoms with van der Waals surface area (Å²) in [7, 11) is 0. The molecule has 0 saturated carbocycles. The average Bonchev–Trinajstić information content (AvgIpc) is 3.67. The smallest absolute Gasteiger partial charge is 0.164 e. The summed E-state index contributed by atoms with van der Waals surface area (Å²) < 4.78 is 5.00. The molecule has 9 aromatic rings. The number of benzene rings is 6. The second kappa shape index (κ2) is 10.9. The Morgan fingerprint density at radius 1 is 0.413 bits per heavy atom. The Balaban J connectivity index is 1.13. The van der Waals surface area contributed by atoms with E-state index in [0.29, 0.717) is 17.5 Å². The van der Waals surface area contributed by atoms with Gasteiger partial charge in [0.25, 0.3) is 0 Å². The van der Waals surface area contributed by atoms with E-state index in [4.69, 9.17) is 15.0 Å². The molecule has 4 nitrogen and oxygen atoms in total. The highest BCUT2D eigenvalue weighted by molar-refractivity contribution is 7.26. The molecule has 0 atom stereocenters. The lowest BCUT2D eigenvalue weighted by Crippen LogP contribution is -2.00. The number of rotatable bonds is 5. The van der Waals surface area contributed by atoms with Gasteiger partial charge in [-0.3, -0.25) is 0 Å². The molecule has 0 bridgehead atoms. The van der Waals surface area contributed by atoms with Gasteiger partial charge in [-0.2, -0.15) is 0 Å². The van der Waals surface area contributed by atoms with E-state index in [2.05, 4.69) is 102 Å². The SMILES string of the molecule is c1ccc(-c2nc(-c3ccccc3)nc(-c3ccc(-c4ccc5c(c4)sc4c6ccccc6n(-c6ccccc6)c54)cc3)n2)cc1. The number of aromatic nitrogens is 4. The number of hydrogen-bond acceptors (Lipinski definition) is 4. The molecule has 0 aliphatic rings. The van der Waals surface area contributed by atoms with Gasteiger partial charge in [0.2, 0.25) is 0 Å². The van der Waals surface area contributed by atoms with Gasteiger partial charge in [0, 0.05) is 37.9 Å². The minimum Gasteiger partial charge on any atom is -0.308 e. The molecule has 3 heterocycles. The molecule has 0 spiro atoms. The van der Waals surface area contributed by atoms with Crippen molar-refractivity contribution in [2.45, 2.75) is 0 Å². The molecule has 0 fully saturated rings. The van der Waals surface area contributed by atoms with Crippen molar-refractivity contribution < 1.29 is 0 Å². The van der Waals surface area contributed by atoms with Crippen molar-refractivity contribution in [1.82, 2.24) is 19.5 Å². The van der Waals surface area contributed by atoms with Gasteiger partial charge >= 0.3 is 0 Å². The first-order valence-corrected chi connectivity index (χ1v) is 16.1. The van der Waals surface area contributed by atoms with Crippen molar-refractivity contribution in [3.63, 3.8) is 0 Å². The fraction of sp³-hybridized carbons (Fsp3) is 0. The van der Waals surface area contributed by atoms with Crippen LogP contribution in [0.4, 0.5) is 0 Å². The normalized spacial score (nSPS) is 11.5. The Kier molecular flexibility index (Phi) is 6.28. The number of thiophene rings is 1. The molecule has 0 radical (unpaired) electrons. The Morgan fingerprint density at radius 2 is 0.913 bits per heavy atom. The van der Waals surface area contributed by atoms with Crippen molar-refractivity contribution >= 4 is 42.5 Å². The van der Waals surface area contributed by atoms with Crippen LogP contribution in [0.25, 0.3) is 82.2 Å². The molecule has 0 aliphatic heterocycles. The Morgan fingerprint density at radius 3 is 1.54 bits per heavy atom. The van der Waals surface area contributed by atoms with Gasteiger partial charge in [0.15, 0.2) is 17.5 Å². The zero-order valence-electron chi connectivity index (χ0n) is 24.7. The highest BCUT2D eigenvalue weighted by Crippen LogP contribution is 2.43. The Labute approximate surface area is 269 Å². The van der Waals surface area contributed by atoms with Gasteiger partial charge in [0.1, 0.15) is 0 Å². The van der Waals surface area contributed by atoms with Gasteiger partial charge in [-0.1, -0.05) is 133 Å². The predicted octanol–water partition coefficient (Wildman–Crippen LogP) is 10.9. The first kappa shape index (κ1) is 26.5. The van der Waals surface area contributed by atoms with Crippen LogP contribution in [0, 0.1) is 0 Å². The third-order valence-electron chi connectivity index (χ3n) is 8.47. The maximum Gasteiger partial charge on any atom is 0.164 e. The zero-order valence-corrected chi connectivity index (χ0v) is 25.5. The summed E-state index contributed by atoms with van der Waals surface area (Å²) in [6.07, 6.45) is 0. The largest absolute Gasteiger partial charge is 0.308 e. The van der Waals surface area contributed by atoms with Crippen LogP contribution in [-0.2, 0) is 0 Å². The van der Waals surface area contributed by atoms with E-state index < -0.39 is 0 Å². The fourth-order valence-electron chi connectivity index (χ4n) is 6.24. The Bertz CT molecular complexity index is 2440. The van der Waals surface area contributed by atoms with E-state index in [-0.39, 0.29) is 0 Å². The van der Waals surface area contributed by atoms with E-state index >= 15 is 0 Å². The van der Waals surface area contributed by atoms with Crippen molar-refractivity contribution in [2.75, 3.05) is 0 Å². The van der Waals surface area contributed by atoms with Gasteiger partial charge in [-0.25, -0.2) is 15.0 Å². The van der Waals surface area contributed by atoms with E-state index in [1.54, 1.807) is 0 Å². The van der Waals surface area contributed by atoms with Gasteiger partial charge in [0.05, 0.1) is 15.7 Å². The molecular formula is C41H26N4S. The highest BCUT2D eigenvalue weighted by atomic mass is 32.1. The summed E-state index contributed by atoms with van der Waals surface area (Å²) in [5.41, 5.74) is 8.90. The van der Waals surface area contributed by atoms with Crippen LogP contribution >= 0.6 is 11.3 Å². The number of para-hydroxylation sites is 2. The van der Waals surface area contributed by atoms with Gasteiger partial charge in [-0.15, -0.1) is 11.3 Å². The summed E-state index contributed by atoms with van der Waals surface area (Å²) in [5.74, 6) is 1.98. The first-order valence-electron chi connectivity index (χ1n) is 15.3. The van der Waals surface area contributed by atoms with E-state index in [1.807, 2.05) is 72.0 Å². The lowest BCUT2D eigenvalue weighted by molar-refractivity contribution is 1.07. The molecule has 0 N–H and O–H groups in total. The standard InChI is InChI=1S/C41H26N4S/c1-4-12-28(13-5-1)39-42-40(29-14-6-2-7-15-29)44-41(43-39)30-22-20-27(21-23-30)31-24-25-34-36(26-31)46-38-33-18-10-11-19-35(33)45(37(34)38)32-16-8-3-9-17-32/h1-26H. The molecule has 46 heavy (non-hydrogen) atoms. The zero-order chi connectivity index (χ0) is 30.5. The molecule has 216 valence electrons. The van der Waals surface area contributed by atoms with Gasteiger partial charge < -0.3 is 4.57 Å². The molecule has 5 heteroatoms. The van der Waals surface area contributed by atoms with Crippen molar-refractivity contribution in [3.8, 4) is 51.0 Å². The Hall–Kier alpha value is -5.91. The number of fused-ring (bicyclic) bond motifs is 5. The lowest BCUT2D eigenvalue weighted by Gasteiger charge is -2.09. The van der Waals surface area contributed by atoms with Crippen LogP contribution in [0.2, 0.25) is 0 Å². The maximum absolute atomic E-state index is 4.90. The molecule has 6 aromatic carbocycles. The van der Waals surface area contributed by atoms with Crippen molar-refractivity contribution in [2.24, 2.45) is 0 Å². The summed E-state index contributed by atoms with van der Waals surface area (Å²) in [6, 6.07) is 54.9. The van der Waals surface area contributed by atoms with Crippen LogP contribution < -0.4 is 0 Å². The second-order valence-electron chi connectivity index (χ2n) is 11.3. The lowest BCUT2D eigenvalue weighted by atomic mass is 10.0. The van der Waals surface area contributed by atoms with Crippen LogP contribution in [0.3, 0.4) is 0 Å². The third-order valence-corrected chi connectivity index (χ3v) is 9.64. The minimum atomic E-state index is 0.657. The molecule has 0 unspecified atom stereocenters. The fourth-order valence-corrected chi connectivity index (χ4v) is 7.50. The van der Waals surface area contributed by atoms with E-state index in [1.165, 1.54) is 42.5 Å². The minimum absolute atomic E-state index is 0.657. The summed E-state index contributed by atoms with van der Waals surface area (Å²) in [5, 5.41) is 2.56. The molecule has 0 saturated heterocycles. The molecule has 0 amide bonds. The van der Waals surface area contributed by atoms with Crippen LogP contribution in [0.15, 0.2) is 158 Å². The van der Waals surface area contributed by atoms with Gasteiger partial charge in [-0.05, 0) is 35.4 Å². The van der Waals surface area contributed by atoms with Crippen molar-refractivity contribution in [1.29, 1.82) is 0 Å². The van der Waals surface area contributed by atoms with E-state index in [9.17, 15) is 0 Å². The number of nitrogens with zero attached hydrogens (tertiary/aromatic N) is 4. The summed E-state index contributed by atoms with van der Waals surface area (Å²) in [4.78, 5) is 14.6. The van der Waals surface area contributed by atoms with E-state index in [0.717, 1.165) is 22.3 Å². The summed E-state index contributed by atoms with van der Waals surface area (Å²) >= 11 is 1.87. The molecule has 0 aliphatic carbocycles. The van der Waals surface area contributed by atoms with Crippen LogP contribution in [0.5, 0.6) is 0 Å². The topological polar surface area (TPSA) is 43.6 Å². The monoisotopic (exact) mass is 606 g/mol. The highest BCUT2D eigenvalue weighted by Gasteiger charge is 2.18. The molecule has 3 aromatic heterocycles. The molecule has 9 rings (SSSR count). The predicted molar refractivity (Wildman–Crippen MR) is 191 cm³/mol. The maximum atomic E-state index is 4.90.